The van der Waals surface area contributed by atoms with Gasteiger partial charge < -0.3 is 19.8 Å². The van der Waals surface area contributed by atoms with Gasteiger partial charge in [0.2, 0.25) is 0 Å². The quantitative estimate of drug-likeness (QED) is 0.674. The Morgan fingerprint density at radius 1 is 1.38 bits per heavy atom. The average molecular weight is 226 g/mol. The van der Waals surface area contributed by atoms with E-state index in [0.29, 0.717) is 13.2 Å². The molecule has 0 radical (unpaired) electrons. The van der Waals surface area contributed by atoms with Gasteiger partial charge in [0.05, 0.1) is 19.8 Å². The van der Waals surface area contributed by atoms with Crippen LogP contribution in [0.3, 0.4) is 0 Å². The molecule has 1 atom stereocenters. The highest BCUT2D eigenvalue weighted by Gasteiger charge is 2.00. The minimum absolute atomic E-state index is 0.216. The molecule has 16 heavy (non-hydrogen) atoms. The molecule has 0 amide bonds. The molecule has 2 N–H and O–H groups in total. The van der Waals surface area contributed by atoms with Gasteiger partial charge in [-0.15, -0.1) is 0 Å². The molecule has 0 saturated carbocycles. The Balaban J connectivity index is 2.19. The number of hydrogen-bond donors (Lipinski definition) is 1. The van der Waals surface area contributed by atoms with E-state index in [1.165, 1.54) is 5.56 Å². The number of ether oxygens (including phenoxy) is 2. The molecular weight excluding hydrogens is 204 g/mol. The third kappa shape index (κ3) is 5.30. The van der Waals surface area contributed by atoms with Crippen LogP contribution < -0.4 is 5.73 Å². The van der Waals surface area contributed by atoms with Crippen molar-refractivity contribution in [1.29, 1.82) is 0 Å². The molecule has 1 aromatic heterocycles. The second-order valence-electron chi connectivity index (χ2n) is 4.04. The molecule has 0 aromatic carbocycles. The summed E-state index contributed by atoms with van der Waals surface area (Å²) in [4.78, 5) is 0. The highest BCUT2D eigenvalue weighted by Crippen LogP contribution is 2.03. The van der Waals surface area contributed by atoms with E-state index in [2.05, 4.69) is 23.0 Å². The minimum atomic E-state index is 0.216. The summed E-state index contributed by atoms with van der Waals surface area (Å²) in [5, 5.41) is 0. The molecule has 0 bridgehead atoms. The maximum Gasteiger partial charge on any atom is 0.0701 e. The summed E-state index contributed by atoms with van der Waals surface area (Å²) in [5.41, 5.74) is 7.02. The topological polar surface area (TPSA) is 49.4 Å². The zero-order valence-electron chi connectivity index (χ0n) is 10.2. The number of nitrogens with zero attached hydrogens (tertiary/aromatic N) is 1. The lowest BCUT2D eigenvalue weighted by Crippen LogP contribution is -2.17. The molecule has 0 fully saturated rings. The molecule has 1 aromatic rings. The first-order chi connectivity index (χ1) is 7.72. The van der Waals surface area contributed by atoms with Gasteiger partial charge >= 0.3 is 0 Å². The van der Waals surface area contributed by atoms with Gasteiger partial charge in [0.1, 0.15) is 0 Å². The summed E-state index contributed by atoms with van der Waals surface area (Å²) in [6.07, 6.45) is 5.12. The molecular formula is C12H22N2O2. The molecule has 1 rings (SSSR count). The normalized spacial score (nSPS) is 12.9. The van der Waals surface area contributed by atoms with Gasteiger partial charge in [0.25, 0.3) is 0 Å². The first-order valence-electron chi connectivity index (χ1n) is 5.69. The van der Waals surface area contributed by atoms with Gasteiger partial charge in [0, 0.05) is 32.1 Å². The monoisotopic (exact) mass is 226 g/mol. The molecule has 0 aliphatic heterocycles. The number of aromatic nitrogens is 1. The van der Waals surface area contributed by atoms with E-state index in [0.717, 1.165) is 19.6 Å². The van der Waals surface area contributed by atoms with E-state index < -0.39 is 0 Å². The largest absolute Gasteiger partial charge is 0.382 e. The van der Waals surface area contributed by atoms with Crippen molar-refractivity contribution in [3.05, 3.63) is 24.0 Å². The fourth-order valence-corrected chi connectivity index (χ4v) is 1.54. The van der Waals surface area contributed by atoms with Crippen LogP contribution in [0.4, 0.5) is 0 Å². The molecule has 0 aliphatic carbocycles. The molecule has 0 aliphatic rings. The van der Waals surface area contributed by atoms with E-state index in [1.54, 1.807) is 7.11 Å². The molecule has 0 spiro atoms. The third-order valence-electron chi connectivity index (χ3n) is 2.30. The maximum atomic E-state index is 5.74. The lowest BCUT2D eigenvalue weighted by atomic mass is 10.1. The average Bonchev–Trinajstić information content (AvgIpc) is 2.64. The Kier molecular flexibility index (Phi) is 6.15. The number of hydrogen-bond acceptors (Lipinski definition) is 3. The fraction of sp³-hybridized carbons (Fsp3) is 0.667. The van der Waals surface area contributed by atoms with Crippen molar-refractivity contribution in [2.24, 2.45) is 5.73 Å². The van der Waals surface area contributed by atoms with Crippen molar-refractivity contribution in [2.45, 2.75) is 25.9 Å². The van der Waals surface area contributed by atoms with Crippen molar-refractivity contribution in [1.82, 2.24) is 4.57 Å². The van der Waals surface area contributed by atoms with Gasteiger partial charge in [-0.2, -0.15) is 0 Å². The van der Waals surface area contributed by atoms with Crippen LogP contribution in [0.1, 0.15) is 12.5 Å². The fourth-order valence-electron chi connectivity index (χ4n) is 1.54. The predicted molar refractivity (Wildman–Crippen MR) is 64.5 cm³/mol. The second-order valence-corrected chi connectivity index (χ2v) is 4.04. The smallest absolute Gasteiger partial charge is 0.0701 e. The van der Waals surface area contributed by atoms with Crippen LogP contribution in [0, 0.1) is 0 Å². The van der Waals surface area contributed by atoms with Crippen LogP contribution in [0.15, 0.2) is 18.5 Å². The molecule has 4 nitrogen and oxygen atoms in total. The molecule has 4 heteroatoms. The summed E-state index contributed by atoms with van der Waals surface area (Å²) in [7, 11) is 1.68. The summed E-state index contributed by atoms with van der Waals surface area (Å²) in [6, 6.07) is 2.33. The van der Waals surface area contributed by atoms with Crippen molar-refractivity contribution in [3.63, 3.8) is 0 Å². The third-order valence-corrected chi connectivity index (χ3v) is 2.30. The minimum Gasteiger partial charge on any atom is -0.382 e. The molecule has 92 valence electrons. The van der Waals surface area contributed by atoms with Crippen LogP contribution in [0.5, 0.6) is 0 Å². The van der Waals surface area contributed by atoms with Crippen molar-refractivity contribution in [2.75, 3.05) is 26.9 Å². The van der Waals surface area contributed by atoms with Gasteiger partial charge in [-0.05, 0) is 25.0 Å². The lowest BCUT2D eigenvalue weighted by molar-refractivity contribution is 0.0666. The van der Waals surface area contributed by atoms with Gasteiger partial charge in [-0.1, -0.05) is 0 Å². The Morgan fingerprint density at radius 3 is 2.88 bits per heavy atom. The van der Waals surface area contributed by atoms with E-state index in [-0.39, 0.29) is 6.04 Å². The maximum absolute atomic E-state index is 5.74. The summed E-state index contributed by atoms with van der Waals surface area (Å²) in [6.45, 7) is 4.93. The zero-order chi connectivity index (χ0) is 11.8. The first kappa shape index (κ1) is 13.2. The standard InChI is InChI=1S/C12H22N2O2/c1-11(13)9-12-3-4-14(10-12)5-6-16-8-7-15-2/h3-4,10-11H,5-9,13H2,1-2H3. The van der Waals surface area contributed by atoms with Crippen LogP contribution in [0.2, 0.25) is 0 Å². The van der Waals surface area contributed by atoms with Crippen LogP contribution in [0.25, 0.3) is 0 Å². The Hall–Kier alpha value is -0.840. The van der Waals surface area contributed by atoms with E-state index in [9.17, 15) is 0 Å². The SMILES string of the molecule is COCCOCCn1ccc(CC(C)N)c1. The molecule has 1 heterocycles. The van der Waals surface area contributed by atoms with Gasteiger partial charge in [0.15, 0.2) is 0 Å². The highest BCUT2D eigenvalue weighted by atomic mass is 16.5. The Morgan fingerprint density at radius 2 is 2.19 bits per heavy atom. The van der Waals surface area contributed by atoms with Crippen molar-refractivity contribution < 1.29 is 9.47 Å². The van der Waals surface area contributed by atoms with E-state index in [4.69, 9.17) is 15.2 Å². The predicted octanol–water partition coefficient (Wildman–Crippen LogP) is 1.04. The zero-order valence-corrected chi connectivity index (χ0v) is 10.2. The van der Waals surface area contributed by atoms with Gasteiger partial charge in [-0.25, -0.2) is 0 Å². The van der Waals surface area contributed by atoms with Crippen molar-refractivity contribution >= 4 is 0 Å². The summed E-state index contributed by atoms with van der Waals surface area (Å²) < 4.78 is 12.4. The number of rotatable bonds is 8. The van der Waals surface area contributed by atoms with E-state index >= 15 is 0 Å². The number of nitrogens with two attached hydrogens (primary N) is 1. The summed E-state index contributed by atoms with van der Waals surface area (Å²) >= 11 is 0. The first-order valence-corrected chi connectivity index (χ1v) is 5.69. The van der Waals surface area contributed by atoms with Crippen LogP contribution >= 0.6 is 0 Å². The highest BCUT2D eigenvalue weighted by molar-refractivity contribution is 5.11. The Bertz CT molecular complexity index is 284. The number of methoxy groups -OCH3 is 1. The molecule has 1 unspecified atom stereocenters. The van der Waals surface area contributed by atoms with Crippen LogP contribution in [-0.4, -0.2) is 37.5 Å². The van der Waals surface area contributed by atoms with Crippen molar-refractivity contribution in [3.8, 4) is 0 Å². The summed E-state index contributed by atoms with van der Waals surface area (Å²) in [5.74, 6) is 0. The van der Waals surface area contributed by atoms with E-state index in [1.807, 2.05) is 6.92 Å². The molecule has 0 saturated heterocycles. The van der Waals surface area contributed by atoms with Gasteiger partial charge in [-0.3, -0.25) is 0 Å². The lowest BCUT2D eigenvalue weighted by Gasteiger charge is -2.05. The van der Waals surface area contributed by atoms with Crippen LogP contribution in [-0.2, 0) is 22.4 Å². The second kappa shape index (κ2) is 7.44. The Labute approximate surface area is 97.3 Å².